The van der Waals surface area contributed by atoms with Gasteiger partial charge in [0, 0.05) is 23.2 Å². The molecule has 0 aromatic carbocycles. The minimum absolute atomic E-state index is 0.609. The number of rotatable bonds is 8. The van der Waals surface area contributed by atoms with E-state index < -0.39 is 0 Å². The molecule has 5 nitrogen and oxygen atoms in total. The minimum Gasteiger partial charge on any atom is -0.502 e. The van der Waals surface area contributed by atoms with Crippen LogP contribution in [0.4, 0.5) is 5.95 Å². The molecule has 0 aliphatic heterocycles. The Labute approximate surface area is 155 Å². The lowest BCUT2D eigenvalue weighted by atomic mass is 10.1. The van der Waals surface area contributed by atoms with Crippen LogP contribution in [0.2, 0.25) is 0 Å². The van der Waals surface area contributed by atoms with Crippen molar-refractivity contribution in [1.82, 2.24) is 15.0 Å². The summed E-state index contributed by atoms with van der Waals surface area (Å²) in [4.78, 5) is 15.1. The Morgan fingerprint density at radius 1 is 1.32 bits per heavy atom. The number of ether oxygens (including phenoxy) is 1. The van der Waals surface area contributed by atoms with Crippen molar-refractivity contribution in [3.63, 3.8) is 0 Å². The molecular formula is C18H20N4OS2. The topological polar surface area (TPSA) is 59.9 Å². The van der Waals surface area contributed by atoms with E-state index in [4.69, 9.17) is 9.72 Å². The number of nitrogens with one attached hydrogen (secondary N) is 1. The van der Waals surface area contributed by atoms with Gasteiger partial charge in [-0.1, -0.05) is 6.58 Å². The summed E-state index contributed by atoms with van der Waals surface area (Å²) < 4.78 is 5.12. The zero-order chi connectivity index (χ0) is 17.6. The van der Waals surface area contributed by atoms with Crippen LogP contribution in [0.3, 0.4) is 0 Å². The SMILES string of the molecule is C=COCCCNc1ncc(-c2ccsc2)c(-c2nc(C)c(C)s2)n1. The highest BCUT2D eigenvalue weighted by atomic mass is 32.1. The van der Waals surface area contributed by atoms with E-state index in [9.17, 15) is 0 Å². The normalized spacial score (nSPS) is 10.6. The molecule has 0 unspecified atom stereocenters. The van der Waals surface area contributed by atoms with Crippen molar-refractivity contribution >= 4 is 28.6 Å². The summed E-state index contributed by atoms with van der Waals surface area (Å²) in [6.45, 7) is 9.01. The van der Waals surface area contributed by atoms with Gasteiger partial charge in [0.1, 0.15) is 10.7 Å². The van der Waals surface area contributed by atoms with Crippen molar-refractivity contribution in [3.8, 4) is 21.8 Å². The molecule has 25 heavy (non-hydrogen) atoms. The molecule has 0 bridgehead atoms. The van der Waals surface area contributed by atoms with Crippen molar-refractivity contribution in [3.05, 3.63) is 46.4 Å². The molecule has 0 amide bonds. The maximum atomic E-state index is 5.12. The molecule has 3 heterocycles. The fourth-order valence-electron chi connectivity index (χ4n) is 2.27. The first kappa shape index (κ1) is 17.6. The van der Waals surface area contributed by atoms with Gasteiger partial charge in [-0.15, -0.1) is 11.3 Å². The molecule has 0 spiro atoms. The molecule has 3 aromatic rings. The highest BCUT2D eigenvalue weighted by molar-refractivity contribution is 7.15. The summed E-state index contributed by atoms with van der Waals surface area (Å²) in [5, 5.41) is 8.34. The predicted molar refractivity (Wildman–Crippen MR) is 105 cm³/mol. The van der Waals surface area contributed by atoms with Gasteiger partial charge in [0.25, 0.3) is 0 Å². The van der Waals surface area contributed by atoms with Crippen LogP contribution in [-0.2, 0) is 4.74 Å². The largest absolute Gasteiger partial charge is 0.502 e. The molecule has 0 aliphatic carbocycles. The summed E-state index contributed by atoms with van der Waals surface area (Å²) in [6, 6.07) is 2.08. The number of hydrogen-bond donors (Lipinski definition) is 1. The lowest BCUT2D eigenvalue weighted by molar-refractivity contribution is 0.249. The molecule has 3 aromatic heterocycles. The standard InChI is InChI=1S/C18H20N4OS2/c1-4-23-8-5-7-19-18-20-10-15(14-6-9-24-11-14)16(22-18)17-21-12(2)13(3)25-17/h4,6,9-11H,1,5,7-8H2,2-3H3,(H,19,20,22). The third kappa shape index (κ3) is 4.24. The molecule has 3 rings (SSSR count). The average Bonchev–Trinajstić information content (AvgIpc) is 3.25. The lowest BCUT2D eigenvalue weighted by Gasteiger charge is -2.09. The van der Waals surface area contributed by atoms with Crippen LogP contribution >= 0.6 is 22.7 Å². The Bertz CT molecular complexity index is 823. The van der Waals surface area contributed by atoms with E-state index in [1.54, 1.807) is 22.7 Å². The number of nitrogens with zero attached hydrogens (tertiary/aromatic N) is 3. The number of hydrogen-bond acceptors (Lipinski definition) is 7. The number of aromatic nitrogens is 3. The van der Waals surface area contributed by atoms with Gasteiger partial charge >= 0.3 is 0 Å². The zero-order valence-corrected chi connectivity index (χ0v) is 15.9. The van der Waals surface area contributed by atoms with E-state index >= 15 is 0 Å². The highest BCUT2D eigenvalue weighted by Crippen LogP contribution is 2.35. The van der Waals surface area contributed by atoms with E-state index in [2.05, 4.69) is 45.6 Å². The van der Waals surface area contributed by atoms with E-state index in [-0.39, 0.29) is 0 Å². The van der Waals surface area contributed by atoms with Crippen LogP contribution in [0.15, 0.2) is 35.9 Å². The number of aryl methyl sites for hydroxylation is 2. The monoisotopic (exact) mass is 372 g/mol. The maximum Gasteiger partial charge on any atom is 0.223 e. The molecule has 0 atom stereocenters. The quantitative estimate of drug-likeness (QED) is 0.450. The van der Waals surface area contributed by atoms with Crippen molar-refractivity contribution in [1.29, 1.82) is 0 Å². The lowest BCUT2D eigenvalue weighted by Crippen LogP contribution is -2.08. The Morgan fingerprint density at radius 3 is 2.88 bits per heavy atom. The van der Waals surface area contributed by atoms with Gasteiger partial charge in [0.05, 0.1) is 18.6 Å². The molecule has 0 saturated heterocycles. The first-order valence-corrected chi connectivity index (χ1v) is 9.75. The summed E-state index contributed by atoms with van der Waals surface area (Å²) in [6.07, 6.45) is 4.18. The van der Waals surface area contributed by atoms with E-state index in [1.165, 1.54) is 11.1 Å². The van der Waals surface area contributed by atoms with Gasteiger partial charge in [-0.2, -0.15) is 11.3 Å². The third-order valence-electron chi connectivity index (χ3n) is 3.69. The minimum atomic E-state index is 0.609. The van der Waals surface area contributed by atoms with Crippen LogP contribution in [0.1, 0.15) is 17.0 Å². The Hall–Kier alpha value is -2.25. The van der Waals surface area contributed by atoms with Crippen molar-refractivity contribution in [2.45, 2.75) is 20.3 Å². The molecule has 0 saturated carbocycles. The maximum absolute atomic E-state index is 5.12. The van der Waals surface area contributed by atoms with E-state index in [0.29, 0.717) is 12.6 Å². The van der Waals surface area contributed by atoms with Gasteiger partial charge in [-0.25, -0.2) is 15.0 Å². The number of thiophene rings is 1. The summed E-state index contributed by atoms with van der Waals surface area (Å²) in [5.41, 5.74) is 4.05. The third-order valence-corrected chi connectivity index (χ3v) is 5.45. The van der Waals surface area contributed by atoms with Gasteiger partial charge in [0.15, 0.2) is 0 Å². The Balaban J connectivity index is 1.88. The average molecular weight is 373 g/mol. The van der Waals surface area contributed by atoms with Crippen LogP contribution in [0, 0.1) is 13.8 Å². The van der Waals surface area contributed by atoms with Crippen molar-refractivity contribution < 1.29 is 4.74 Å². The zero-order valence-electron chi connectivity index (χ0n) is 14.3. The van der Waals surface area contributed by atoms with Crippen LogP contribution < -0.4 is 5.32 Å². The van der Waals surface area contributed by atoms with Gasteiger partial charge in [0.2, 0.25) is 5.95 Å². The van der Waals surface area contributed by atoms with Crippen molar-refractivity contribution in [2.24, 2.45) is 0 Å². The Kier molecular flexibility index (Phi) is 5.78. The number of anilines is 1. The van der Waals surface area contributed by atoms with E-state index in [1.807, 2.05) is 13.1 Å². The fourth-order valence-corrected chi connectivity index (χ4v) is 3.85. The molecule has 7 heteroatoms. The van der Waals surface area contributed by atoms with Gasteiger partial charge < -0.3 is 10.1 Å². The molecule has 0 aliphatic rings. The second-order valence-electron chi connectivity index (χ2n) is 5.45. The summed E-state index contributed by atoms with van der Waals surface area (Å²) in [7, 11) is 0. The molecule has 1 N–H and O–H groups in total. The smallest absolute Gasteiger partial charge is 0.223 e. The van der Waals surface area contributed by atoms with Crippen LogP contribution in [0.5, 0.6) is 0 Å². The van der Waals surface area contributed by atoms with Gasteiger partial charge in [-0.3, -0.25) is 0 Å². The van der Waals surface area contributed by atoms with E-state index in [0.717, 1.165) is 40.5 Å². The summed E-state index contributed by atoms with van der Waals surface area (Å²) >= 11 is 3.33. The van der Waals surface area contributed by atoms with Crippen molar-refractivity contribution in [2.75, 3.05) is 18.5 Å². The fraction of sp³-hybridized carbons (Fsp3) is 0.278. The molecule has 0 radical (unpaired) electrons. The van der Waals surface area contributed by atoms with Crippen LogP contribution in [0.25, 0.3) is 21.8 Å². The predicted octanol–water partition coefficient (Wildman–Crippen LogP) is 4.91. The number of thiazole rings is 1. The second kappa shape index (κ2) is 8.22. The highest BCUT2D eigenvalue weighted by Gasteiger charge is 2.16. The van der Waals surface area contributed by atoms with Crippen LogP contribution in [-0.4, -0.2) is 28.1 Å². The molecular weight excluding hydrogens is 352 g/mol. The molecule has 130 valence electrons. The summed E-state index contributed by atoms with van der Waals surface area (Å²) in [5.74, 6) is 0.609. The van der Waals surface area contributed by atoms with Gasteiger partial charge in [-0.05, 0) is 42.7 Å². The molecule has 0 fully saturated rings. The first-order valence-electron chi connectivity index (χ1n) is 7.99. The second-order valence-corrected chi connectivity index (χ2v) is 7.43. The first-order chi connectivity index (χ1) is 12.2. The Morgan fingerprint density at radius 2 is 2.20 bits per heavy atom.